The highest BCUT2D eigenvalue weighted by Crippen LogP contribution is 2.36. The van der Waals surface area contributed by atoms with E-state index in [2.05, 4.69) is 42.1 Å². The van der Waals surface area contributed by atoms with Crippen LogP contribution in [0.4, 0.5) is 20.3 Å². The second-order valence-corrected chi connectivity index (χ2v) is 16.2. The number of nitrogens with zero attached hydrogens (tertiary/aromatic N) is 8. The van der Waals surface area contributed by atoms with Crippen molar-refractivity contribution < 1.29 is 27.9 Å². The van der Waals surface area contributed by atoms with Crippen LogP contribution in [0.5, 0.6) is 0 Å². The number of ketones is 2. The van der Waals surface area contributed by atoms with Crippen molar-refractivity contribution in [2.24, 2.45) is 5.92 Å². The molecule has 1 amide bonds. The predicted molar refractivity (Wildman–Crippen MR) is 207 cm³/mol. The van der Waals surface area contributed by atoms with Crippen LogP contribution in [0, 0.1) is 17.8 Å². The van der Waals surface area contributed by atoms with Crippen LogP contribution >= 0.6 is 0 Å². The van der Waals surface area contributed by atoms with Crippen molar-refractivity contribution in [3.63, 3.8) is 0 Å². The number of halogens is 2. The SMILES string of the molecule is O=C1CCC(c2cccc(C#CCN3CCN(CC4CCC(n5cc(NC(=O)c6cnn7ccc(N8C[C@@H]9C[C@H]8CO9)nc67)c(C(F)F)n5)CC4)CC3)c2)C(=O)C1. The molecule has 2 bridgehead atoms. The summed E-state index contributed by atoms with van der Waals surface area (Å²) in [6.07, 6.45) is 7.71. The monoisotopic (exact) mass is 779 g/mol. The molecule has 6 heterocycles. The lowest BCUT2D eigenvalue weighted by Crippen LogP contribution is -2.48. The average Bonchev–Trinajstić information content (AvgIpc) is 4.03. The highest BCUT2D eigenvalue weighted by atomic mass is 19.3. The first-order valence-corrected chi connectivity index (χ1v) is 20.2. The number of nitrogens with one attached hydrogen (secondary N) is 1. The maximum atomic E-state index is 14.2. The highest BCUT2D eigenvalue weighted by molar-refractivity contribution is 6.08. The Morgan fingerprint density at radius 1 is 1.02 bits per heavy atom. The Labute approximate surface area is 329 Å². The molecule has 2 saturated carbocycles. The molecule has 2 aliphatic carbocycles. The molecule has 9 rings (SSSR count). The average molecular weight is 780 g/mol. The van der Waals surface area contributed by atoms with Crippen LogP contribution in [-0.4, -0.2) is 116 Å². The first-order valence-electron chi connectivity index (χ1n) is 20.2. The smallest absolute Gasteiger partial charge is 0.284 e. The molecule has 4 aromatic rings. The zero-order valence-corrected chi connectivity index (χ0v) is 31.9. The van der Waals surface area contributed by atoms with Gasteiger partial charge in [-0.05, 0) is 68.2 Å². The van der Waals surface area contributed by atoms with Crippen LogP contribution in [0.25, 0.3) is 5.65 Å². The molecule has 3 saturated heterocycles. The zero-order chi connectivity index (χ0) is 39.0. The summed E-state index contributed by atoms with van der Waals surface area (Å²) < 4.78 is 37.3. The predicted octanol–water partition coefficient (Wildman–Crippen LogP) is 4.90. The molecule has 1 aromatic carbocycles. The molecule has 5 aliphatic rings. The summed E-state index contributed by atoms with van der Waals surface area (Å²) in [4.78, 5) is 49.4. The molecule has 0 radical (unpaired) electrons. The number of benzene rings is 1. The van der Waals surface area contributed by atoms with Gasteiger partial charge in [0.25, 0.3) is 12.3 Å². The number of alkyl halides is 2. The maximum absolute atomic E-state index is 14.2. The molecular weight excluding hydrogens is 733 g/mol. The third-order valence-electron chi connectivity index (χ3n) is 12.5. The molecule has 0 spiro atoms. The number of piperazine rings is 1. The summed E-state index contributed by atoms with van der Waals surface area (Å²) in [7, 11) is 0. The van der Waals surface area contributed by atoms with Gasteiger partial charge in [0.05, 0.1) is 49.6 Å². The minimum atomic E-state index is -2.85. The number of carbonyl (C=O) groups is 3. The lowest BCUT2D eigenvalue weighted by atomic mass is 9.82. The van der Waals surface area contributed by atoms with Crippen molar-refractivity contribution in [2.45, 2.75) is 81.9 Å². The number of aromatic nitrogens is 5. The van der Waals surface area contributed by atoms with Crippen molar-refractivity contribution in [2.75, 3.05) is 62.6 Å². The normalized spacial score (nSPS) is 25.7. The number of hydrogen-bond acceptors (Lipinski definition) is 10. The zero-order valence-electron chi connectivity index (χ0n) is 31.9. The minimum Gasteiger partial charge on any atom is -0.374 e. The number of ether oxygens (including phenoxy) is 1. The Morgan fingerprint density at radius 2 is 1.84 bits per heavy atom. The van der Waals surface area contributed by atoms with E-state index in [0.717, 1.165) is 88.3 Å². The van der Waals surface area contributed by atoms with Gasteiger partial charge in [0, 0.05) is 69.6 Å². The van der Waals surface area contributed by atoms with Gasteiger partial charge in [-0.1, -0.05) is 24.0 Å². The van der Waals surface area contributed by atoms with Gasteiger partial charge in [-0.25, -0.2) is 18.3 Å². The fourth-order valence-corrected chi connectivity index (χ4v) is 9.30. The number of morpholine rings is 1. The van der Waals surface area contributed by atoms with Crippen LogP contribution in [0.3, 0.4) is 0 Å². The quantitative estimate of drug-likeness (QED) is 0.185. The van der Waals surface area contributed by atoms with E-state index >= 15 is 0 Å². The number of rotatable bonds is 9. The second kappa shape index (κ2) is 16.1. The molecule has 3 atom stereocenters. The molecule has 13 nitrogen and oxygen atoms in total. The summed E-state index contributed by atoms with van der Waals surface area (Å²) in [6, 6.07) is 9.95. The highest BCUT2D eigenvalue weighted by Gasteiger charge is 2.40. The van der Waals surface area contributed by atoms with Crippen LogP contribution in [0.1, 0.15) is 96.9 Å². The van der Waals surface area contributed by atoms with E-state index in [9.17, 15) is 23.2 Å². The van der Waals surface area contributed by atoms with Gasteiger partial charge < -0.3 is 19.9 Å². The molecule has 1 N–H and O–H groups in total. The minimum absolute atomic E-state index is 0.00684. The maximum Gasteiger partial charge on any atom is 0.284 e. The van der Waals surface area contributed by atoms with Gasteiger partial charge in [-0.3, -0.25) is 24.0 Å². The molecule has 5 fully saturated rings. The summed E-state index contributed by atoms with van der Waals surface area (Å²) in [5.41, 5.74) is 1.98. The molecule has 3 aliphatic heterocycles. The summed E-state index contributed by atoms with van der Waals surface area (Å²) >= 11 is 0. The molecule has 1 unspecified atom stereocenters. The van der Waals surface area contributed by atoms with E-state index in [-0.39, 0.29) is 53.3 Å². The Bertz CT molecular complexity index is 2210. The van der Waals surface area contributed by atoms with Crippen molar-refractivity contribution in [3.8, 4) is 11.8 Å². The summed E-state index contributed by atoms with van der Waals surface area (Å²) in [6.45, 7) is 6.90. The topological polar surface area (TPSA) is 130 Å². The van der Waals surface area contributed by atoms with Gasteiger partial charge in [0.1, 0.15) is 22.9 Å². The van der Waals surface area contributed by atoms with Gasteiger partial charge in [-0.15, -0.1) is 0 Å². The van der Waals surface area contributed by atoms with Gasteiger partial charge >= 0.3 is 0 Å². The first kappa shape index (κ1) is 37.5. The van der Waals surface area contributed by atoms with Crippen molar-refractivity contribution in [1.29, 1.82) is 0 Å². The lowest BCUT2D eigenvalue weighted by molar-refractivity contribution is -0.130. The van der Waals surface area contributed by atoms with Crippen LogP contribution in [0.15, 0.2) is 48.9 Å². The van der Waals surface area contributed by atoms with Crippen molar-refractivity contribution >= 4 is 34.6 Å². The van der Waals surface area contributed by atoms with Crippen molar-refractivity contribution in [1.82, 2.24) is 34.2 Å². The van der Waals surface area contributed by atoms with E-state index in [1.807, 2.05) is 30.3 Å². The molecular formula is C42H47F2N9O4. The van der Waals surface area contributed by atoms with E-state index in [1.54, 1.807) is 17.1 Å². The number of fused-ring (bicyclic) bond motifs is 3. The Morgan fingerprint density at radius 3 is 2.60 bits per heavy atom. The van der Waals surface area contributed by atoms with Gasteiger partial charge in [-0.2, -0.15) is 10.2 Å². The fourth-order valence-electron chi connectivity index (χ4n) is 9.30. The number of Topliss-reactive ketones (excluding diaryl/α,β-unsaturated/α-hetero) is 2. The van der Waals surface area contributed by atoms with Gasteiger partial charge in [0.15, 0.2) is 11.3 Å². The number of anilines is 2. The molecule has 57 heavy (non-hydrogen) atoms. The summed E-state index contributed by atoms with van der Waals surface area (Å²) in [5, 5.41) is 11.3. The van der Waals surface area contributed by atoms with E-state index < -0.39 is 18.0 Å². The van der Waals surface area contributed by atoms with E-state index in [0.29, 0.717) is 37.6 Å². The molecule has 298 valence electrons. The van der Waals surface area contributed by atoms with Crippen LogP contribution < -0.4 is 10.2 Å². The molecule has 3 aromatic heterocycles. The third-order valence-corrected chi connectivity index (χ3v) is 12.5. The van der Waals surface area contributed by atoms with Crippen molar-refractivity contribution in [3.05, 3.63) is 71.3 Å². The lowest BCUT2D eigenvalue weighted by Gasteiger charge is -2.37. The first-order chi connectivity index (χ1) is 27.7. The number of hydrogen-bond donors (Lipinski definition) is 1. The van der Waals surface area contributed by atoms with E-state index in [4.69, 9.17) is 9.72 Å². The number of carbonyl (C=O) groups excluding carboxylic acids is 3. The second-order valence-electron chi connectivity index (χ2n) is 16.2. The Balaban J connectivity index is 0.751. The van der Waals surface area contributed by atoms with Crippen LogP contribution in [-0.2, 0) is 14.3 Å². The standard InChI is InChI=1S/C42H47F2N9O4/c43-40(44)39-36(46-42(56)35-22-45-52-14-12-38(47-41(35)52)51-24-33-20-31(51)26-57-33)25-53(48-39)30-8-6-28(7-9-30)23-50-17-15-49(16-18-50)13-2-4-27-3-1-5-29(19-27)34-11-10-32(54)21-37(34)55/h1,3,5,12,14,19,22,25,28,30-31,33-34,40H,6-11,13,15-18,20-21,23-24,26H2,(H,46,56)/t28?,30?,31-,33-,34?/m0/s1. The van der Waals surface area contributed by atoms with Gasteiger partial charge in [0.2, 0.25) is 0 Å². The summed E-state index contributed by atoms with van der Waals surface area (Å²) in [5.74, 6) is 7.13. The number of amides is 1. The third kappa shape index (κ3) is 8.08. The fraction of sp³-hybridized carbons (Fsp3) is 0.524. The largest absolute Gasteiger partial charge is 0.374 e. The van der Waals surface area contributed by atoms with E-state index in [1.165, 1.54) is 10.7 Å². The molecule has 15 heteroatoms. The Kier molecular flexibility index (Phi) is 10.6. The Hall–Kier alpha value is -5.04. The van der Waals surface area contributed by atoms with Crippen LogP contribution in [0.2, 0.25) is 0 Å².